The lowest BCUT2D eigenvalue weighted by Crippen LogP contribution is -2.21. The van der Waals surface area contributed by atoms with Crippen LogP contribution in [0.2, 0.25) is 0 Å². The number of rotatable bonds is 3. The first-order valence-electron chi connectivity index (χ1n) is 5.30. The van der Waals surface area contributed by atoms with E-state index in [9.17, 15) is 0 Å². The van der Waals surface area contributed by atoms with Crippen LogP contribution in [0, 0.1) is 0 Å². The fourth-order valence-corrected chi connectivity index (χ4v) is 1.23. The summed E-state index contributed by atoms with van der Waals surface area (Å²) < 4.78 is 0. The first-order valence-corrected chi connectivity index (χ1v) is 5.30. The van der Waals surface area contributed by atoms with Crippen molar-refractivity contribution in [1.29, 1.82) is 0 Å². The van der Waals surface area contributed by atoms with Crippen molar-refractivity contribution < 1.29 is 0 Å². The molecule has 2 N–H and O–H groups in total. The highest BCUT2D eigenvalue weighted by Gasteiger charge is 1.97. The molecule has 0 unspecified atom stereocenters. The number of benzene rings is 1. The van der Waals surface area contributed by atoms with Gasteiger partial charge in [-0.2, -0.15) is 0 Å². The molecule has 1 rings (SSSR count). The Balaban J connectivity index is 0.000000500. The van der Waals surface area contributed by atoms with E-state index in [4.69, 9.17) is 5.73 Å². The maximum absolute atomic E-state index is 4.85. The maximum atomic E-state index is 4.85. The van der Waals surface area contributed by atoms with Gasteiger partial charge in [0.15, 0.2) is 0 Å². The lowest BCUT2D eigenvalue weighted by molar-refractivity contribution is 0.866. The van der Waals surface area contributed by atoms with E-state index in [1.54, 1.807) is 0 Å². The van der Waals surface area contributed by atoms with Crippen LogP contribution in [0.1, 0.15) is 20.8 Å². The topological polar surface area (TPSA) is 29.3 Å². The third kappa shape index (κ3) is 4.87. The number of hydrogen-bond acceptors (Lipinski definition) is 2. The van der Waals surface area contributed by atoms with Gasteiger partial charge >= 0.3 is 0 Å². The summed E-state index contributed by atoms with van der Waals surface area (Å²) in [4.78, 5) is 2.33. The molecular formula is C12H22N2. The molecule has 0 saturated carbocycles. The molecule has 0 saturated heterocycles. The van der Waals surface area contributed by atoms with Crippen molar-refractivity contribution in [1.82, 2.24) is 0 Å². The molecule has 0 spiro atoms. The van der Waals surface area contributed by atoms with Gasteiger partial charge in [0.1, 0.15) is 0 Å². The van der Waals surface area contributed by atoms with Crippen molar-refractivity contribution in [3.8, 4) is 0 Å². The Kier molecular flexibility index (Phi) is 7.95. The van der Waals surface area contributed by atoms with Crippen LogP contribution in [0.3, 0.4) is 0 Å². The molecule has 0 aliphatic heterocycles. The molecule has 0 aliphatic rings. The summed E-state index contributed by atoms with van der Waals surface area (Å²) >= 11 is 0. The second-order valence-electron chi connectivity index (χ2n) is 2.92. The van der Waals surface area contributed by atoms with E-state index >= 15 is 0 Å². The maximum Gasteiger partial charge on any atom is 0.0365 e. The lowest BCUT2D eigenvalue weighted by Gasteiger charge is -2.20. The average molecular weight is 194 g/mol. The number of hydrogen-bond donors (Lipinski definition) is 1. The highest BCUT2D eigenvalue weighted by molar-refractivity contribution is 5.45. The highest BCUT2D eigenvalue weighted by Crippen LogP contribution is 2.11. The van der Waals surface area contributed by atoms with E-state index in [1.165, 1.54) is 5.69 Å². The SMILES string of the molecule is CCN.CCN(CC)c1ccccc1. The standard InChI is InChI=1S/C10H15N.C2H7N/c1-3-11(4-2)10-8-6-5-7-9-10;1-2-3/h5-9H,3-4H2,1-2H3;2-3H2,1H3. The third-order valence-electron chi connectivity index (χ3n) is 1.88. The second-order valence-corrected chi connectivity index (χ2v) is 2.92. The van der Waals surface area contributed by atoms with E-state index in [1.807, 2.05) is 13.0 Å². The molecule has 2 nitrogen and oxygen atoms in total. The van der Waals surface area contributed by atoms with Crippen LogP contribution in [0.5, 0.6) is 0 Å². The smallest absolute Gasteiger partial charge is 0.0365 e. The van der Waals surface area contributed by atoms with E-state index in [0.717, 1.165) is 19.6 Å². The van der Waals surface area contributed by atoms with Gasteiger partial charge in [0.25, 0.3) is 0 Å². The van der Waals surface area contributed by atoms with Gasteiger partial charge in [-0.25, -0.2) is 0 Å². The van der Waals surface area contributed by atoms with Gasteiger partial charge < -0.3 is 10.6 Å². The molecule has 2 heteroatoms. The van der Waals surface area contributed by atoms with Gasteiger partial charge in [-0.3, -0.25) is 0 Å². The quantitative estimate of drug-likeness (QED) is 0.801. The molecule has 0 bridgehead atoms. The summed E-state index contributed by atoms with van der Waals surface area (Å²) in [5.74, 6) is 0. The summed E-state index contributed by atoms with van der Waals surface area (Å²) in [5, 5.41) is 0. The first kappa shape index (κ1) is 13.0. The summed E-state index contributed by atoms with van der Waals surface area (Å²) in [5.41, 5.74) is 6.16. The van der Waals surface area contributed by atoms with Gasteiger partial charge in [0, 0.05) is 18.8 Å². The minimum atomic E-state index is 0.750. The predicted molar refractivity (Wildman–Crippen MR) is 64.7 cm³/mol. The molecule has 0 atom stereocenters. The summed E-state index contributed by atoms with van der Waals surface area (Å²) in [6.07, 6.45) is 0. The molecule has 0 fully saturated rings. The van der Waals surface area contributed by atoms with E-state index in [0.29, 0.717) is 0 Å². The second kappa shape index (κ2) is 8.57. The van der Waals surface area contributed by atoms with Crippen LogP contribution in [0.25, 0.3) is 0 Å². The molecule has 14 heavy (non-hydrogen) atoms. The van der Waals surface area contributed by atoms with Crippen LogP contribution in [-0.2, 0) is 0 Å². The summed E-state index contributed by atoms with van der Waals surface area (Å²) in [6, 6.07) is 10.5. The van der Waals surface area contributed by atoms with Crippen molar-refractivity contribution in [3.05, 3.63) is 30.3 Å². The van der Waals surface area contributed by atoms with Gasteiger partial charge in [0.2, 0.25) is 0 Å². The molecule has 0 radical (unpaired) electrons. The molecule has 0 amide bonds. The Morgan fingerprint density at radius 3 is 1.79 bits per heavy atom. The number of nitrogens with two attached hydrogens (primary N) is 1. The zero-order chi connectivity index (χ0) is 10.8. The van der Waals surface area contributed by atoms with Crippen molar-refractivity contribution in [2.24, 2.45) is 5.73 Å². The van der Waals surface area contributed by atoms with E-state index in [-0.39, 0.29) is 0 Å². The fraction of sp³-hybridized carbons (Fsp3) is 0.500. The van der Waals surface area contributed by atoms with E-state index in [2.05, 4.69) is 43.0 Å². The minimum Gasteiger partial charge on any atom is -0.372 e. The fourth-order valence-electron chi connectivity index (χ4n) is 1.23. The van der Waals surface area contributed by atoms with Crippen LogP contribution in [0.4, 0.5) is 5.69 Å². The van der Waals surface area contributed by atoms with Crippen molar-refractivity contribution in [2.75, 3.05) is 24.5 Å². The first-order chi connectivity index (χ1) is 6.79. The number of anilines is 1. The van der Waals surface area contributed by atoms with Crippen LogP contribution >= 0.6 is 0 Å². The normalized spacial score (nSPS) is 8.86. The largest absolute Gasteiger partial charge is 0.372 e. The molecule has 0 aliphatic carbocycles. The molecular weight excluding hydrogens is 172 g/mol. The van der Waals surface area contributed by atoms with Gasteiger partial charge in [-0.05, 0) is 32.5 Å². The summed E-state index contributed by atoms with van der Waals surface area (Å²) in [6.45, 7) is 9.17. The summed E-state index contributed by atoms with van der Waals surface area (Å²) in [7, 11) is 0. The van der Waals surface area contributed by atoms with Gasteiger partial charge in [-0.15, -0.1) is 0 Å². The van der Waals surface area contributed by atoms with Crippen molar-refractivity contribution >= 4 is 5.69 Å². The average Bonchev–Trinajstić information content (AvgIpc) is 2.22. The lowest BCUT2D eigenvalue weighted by atomic mass is 10.3. The Bertz CT molecular complexity index is 205. The van der Waals surface area contributed by atoms with E-state index < -0.39 is 0 Å². The number of para-hydroxylation sites is 1. The monoisotopic (exact) mass is 194 g/mol. The Hall–Kier alpha value is -1.02. The Morgan fingerprint density at radius 2 is 1.43 bits per heavy atom. The predicted octanol–water partition coefficient (Wildman–Crippen LogP) is 2.50. The zero-order valence-corrected chi connectivity index (χ0v) is 9.53. The van der Waals surface area contributed by atoms with Gasteiger partial charge in [0.05, 0.1) is 0 Å². The van der Waals surface area contributed by atoms with Crippen LogP contribution in [-0.4, -0.2) is 19.6 Å². The van der Waals surface area contributed by atoms with Crippen LogP contribution < -0.4 is 10.6 Å². The zero-order valence-electron chi connectivity index (χ0n) is 9.53. The third-order valence-corrected chi connectivity index (χ3v) is 1.88. The molecule has 1 aromatic carbocycles. The molecule has 80 valence electrons. The Morgan fingerprint density at radius 1 is 1.00 bits per heavy atom. The van der Waals surface area contributed by atoms with Crippen molar-refractivity contribution in [3.63, 3.8) is 0 Å². The minimum absolute atomic E-state index is 0.750. The van der Waals surface area contributed by atoms with Gasteiger partial charge in [-0.1, -0.05) is 25.1 Å². The molecule has 0 aromatic heterocycles. The number of nitrogens with zero attached hydrogens (tertiary/aromatic N) is 1. The highest BCUT2D eigenvalue weighted by atomic mass is 15.1. The molecule has 0 heterocycles. The molecule has 1 aromatic rings. The Labute approximate surface area is 87.7 Å². The van der Waals surface area contributed by atoms with Crippen LogP contribution in [0.15, 0.2) is 30.3 Å². The van der Waals surface area contributed by atoms with Crippen molar-refractivity contribution in [2.45, 2.75) is 20.8 Å².